The van der Waals surface area contributed by atoms with Gasteiger partial charge in [-0.1, -0.05) is 6.92 Å². The highest BCUT2D eigenvalue weighted by Crippen LogP contribution is 2.31. The van der Waals surface area contributed by atoms with Gasteiger partial charge in [-0.3, -0.25) is 0 Å². The summed E-state index contributed by atoms with van der Waals surface area (Å²) in [5.74, 6) is 0.880. The van der Waals surface area contributed by atoms with E-state index in [1.54, 1.807) is 11.3 Å². The van der Waals surface area contributed by atoms with Gasteiger partial charge in [0.2, 0.25) is 5.28 Å². The van der Waals surface area contributed by atoms with Gasteiger partial charge in [0, 0.05) is 25.1 Å². The van der Waals surface area contributed by atoms with Gasteiger partial charge in [0.25, 0.3) is 0 Å². The molecule has 0 aliphatic carbocycles. The lowest BCUT2D eigenvalue weighted by Gasteiger charge is -2.18. The predicted octanol–water partition coefficient (Wildman–Crippen LogP) is 3.38. The minimum atomic E-state index is 0.301. The molecule has 0 unspecified atom stereocenters. The van der Waals surface area contributed by atoms with Crippen LogP contribution < -0.4 is 4.90 Å². The second kappa shape index (κ2) is 6.50. The summed E-state index contributed by atoms with van der Waals surface area (Å²) in [5.41, 5.74) is 0. The molecule has 0 bridgehead atoms. The highest BCUT2D eigenvalue weighted by Gasteiger charge is 2.13. The highest BCUT2D eigenvalue weighted by atomic mass is 35.5. The van der Waals surface area contributed by atoms with Crippen molar-refractivity contribution in [3.8, 4) is 0 Å². The maximum atomic E-state index is 6.01. The summed E-state index contributed by atoms with van der Waals surface area (Å²) in [5, 5.41) is 1.38. The minimum absolute atomic E-state index is 0.301. The number of likely N-dealkylation sites (N-methyl/N-ethyl adjacent to an activating group) is 1. The molecule has 19 heavy (non-hydrogen) atoms. The van der Waals surface area contributed by atoms with Crippen molar-refractivity contribution in [1.29, 1.82) is 0 Å². The molecule has 2 aromatic heterocycles. The molecule has 0 atom stereocenters. The average molecular weight is 300 g/mol. The second-order valence-electron chi connectivity index (χ2n) is 4.22. The number of rotatable bonds is 6. The van der Waals surface area contributed by atoms with Gasteiger partial charge >= 0.3 is 0 Å². The number of aromatic nitrogens is 2. The summed E-state index contributed by atoms with van der Waals surface area (Å²) < 4.78 is 5.38. The Balaban J connectivity index is 2.32. The monoisotopic (exact) mass is 299 g/mol. The fourth-order valence-electron chi connectivity index (χ4n) is 1.85. The van der Waals surface area contributed by atoms with Crippen LogP contribution in [0.5, 0.6) is 0 Å². The van der Waals surface area contributed by atoms with Crippen molar-refractivity contribution < 1.29 is 4.74 Å². The lowest BCUT2D eigenvalue weighted by Crippen LogP contribution is -2.23. The molecule has 0 saturated carbocycles. The molecule has 6 heteroatoms. The quantitative estimate of drug-likeness (QED) is 0.605. The third-order valence-corrected chi connectivity index (χ3v) is 4.22. The highest BCUT2D eigenvalue weighted by molar-refractivity contribution is 7.18. The van der Waals surface area contributed by atoms with E-state index in [-0.39, 0.29) is 0 Å². The van der Waals surface area contributed by atoms with E-state index in [4.69, 9.17) is 16.3 Å². The smallest absolute Gasteiger partial charge is 0.225 e. The second-order valence-corrected chi connectivity index (χ2v) is 5.67. The Labute approximate surface area is 122 Å². The summed E-state index contributed by atoms with van der Waals surface area (Å²) in [6.45, 7) is 6.32. The predicted molar refractivity (Wildman–Crippen MR) is 81.6 cm³/mol. The summed E-state index contributed by atoms with van der Waals surface area (Å²) in [6.07, 6.45) is 1.00. The summed E-state index contributed by atoms with van der Waals surface area (Å²) in [4.78, 5) is 13.0. The molecular formula is C13H18ClN3OS. The molecule has 4 nitrogen and oxygen atoms in total. The molecule has 0 radical (unpaired) electrons. The maximum absolute atomic E-state index is 6.01. The van der Waals surface area contributed by atoms with Crippen molar-refractivity contribution in [3.63, 3.8) is 0 Å². The zero-order chi connectivity index (χ0) is 13.8. The molecular weight excluding hydrogens is 282 g/mol. The molecule has 0 N–H and O–H groups in total. The van der Waals surface area contributed by atoms with Crippen molar-refractivity contribution in [2.45, 2.75) is 20.3 Å². The van der Waals surface area contributed by atoms with E-state index in [0.29, 0.717) is 11.9 Å². The van der Waals surface area contributed by atoms with Crippen LogP contribution >= 0.6 is 22.9 Å². The fourth-order valence-corrected chi connectivity index (χ4v) is 3.02. The zero-order valence-corrected chi connectivity index (χ0v) is 13.0. The first-order valence-corrected chi connectivity index (χ1v) is 7.60. The number of nitrogens with zero attached hydrogens (tertiary/aromatic N) is 3. The molecule has 0 saturated heterocycles. The van der Waals surface area contributed by atoms with Gasteiger partial charge in [0.05, 0.1) is 12.0 Å². The maximum Gasteiger partial charge on any atom is 0.225 e. The average Bonchev–Trinajstić information content (AvgIpc) is 2.80. The lowest BCUT2D eigenvalue weighted by molar-refractivity contribution is 0.154. The molecule has 2 heterocycles. The fraction of sp³-hybridized carbons (Fsp3) is 0.538. The van der Waals surface area contributed by atoms with Crippen LogP contribution in [0.1, 0.15) is 18.7 Å². The number of halogens is 1. The van der Waals surface area contributed by atoms with Crippen LogP contribution in [0.15, 0.2) is 6.07 Å². The van der Waals surface area contributed by atoms with Crippen LogP contribution in [0.4, 0.5) is 5.82 Å². The van der Waals surface area contributed by atoms with Crippen LogP contribution in [0, 0.1) is 0 Å². The van der Waals surface area contributed by atoms with Crippen molar-refractivity contribution in [1.82, 2.24) is 9.97 Å². The Bertz CT molecular complexity index is 558. The van der Waals surface area contributed by atoms with Gasteiger partial charge in [-0.2, -0.15) is 4.98 Å². The van der Waals surface area contributed by atoms with E-state index >= 15 is 0 Å². The van der Waals surface area contributed by atoms with Crippen LogP contribution in [-0.4, -0.2) is 36.8 Å². The number of ether oxygens (including phenoxy) is 1. The first-order chi connectivity index (χ1) is 9.15. The number of fused-ring (bicyclic) bond motifs is 1. The van der Waals surface area contributed by atoms with E-state index < -0.39 is 0 Å². The molecule has 2 rings (SSSR count). The summed E-state index contributed by atoms with van der Waals surface area (Å²) in [6, 6.07) is 2.16. The third-order valence-electron chi connectivity index (χ3n) is 2.88. The first kappa shape index (κ1) is 14.5. The molecule has 0 spiro atoms. The van der Waals surface area contributed by atoms with Gasteiger partial charge < -0.3 is 9.64 Å². The standard InChI is InChI=1S/C13H18ClN3OS/c1-4-9-8-10-11(17(3)6-7-18-5-2)15-13(14)16-12(10)19-9/h8H,4-7H2,1-3H3. The Hall–Kier alpha value is -0.910. The summed E-state index contributed by atoms with van der Waals surface area (Å²) in [7, 11) is 2.00. The van der Waals surface area contributed by atoms with Crippen LogP contribution in [0.2, 0.25) is 5.28 Å². The van der Waals surface area contributed by atoms with E-state index in [2.05, 4.69) is 27.9 Å². The van der Waals surface area contributed by atoms with Gasteiger partial charge in [0.1, 0.15) is 10.6 Å². The summed E-state index contributed by atoms with van der Waals surface area (Å²) >= 11 is 7.69. The number of hydrogen-bond donors (Lipinski definition) is 0. The van der Waals surface area contributed by atoms with Crippen molar-refractivity contribution in [2.24, 2.45) is 0 Å². The normalized spacial score (nSPS) is 11.2. The molecule has 0 fully saturated rings. The van der Waals surface area contributed by atoms with Gasteiger partial charge in [0.15, 0.2) is 0 Å². The van der Waals surface area contributed by atoms with E-state index in [1.165, 1.54) is 4.88 Å². The molecule has 104 valence electrons. The number of aryl methyl sites for hydroxylation is 1. The topological polar surface area (TPSA) is 38.2 Å². The van der Waals surface area contributed by atoms with Crippen LogP contribution in [0.3, 0.4) is 0 Å². The lowest BCUT2D eigenvalue weighted by atomic mass is 10.3. The SMILES string of the molecule is CCOCCN(C)c1nc(Cl)nc2sc(CC)cc12. The van der Waals surface area contributed by atoms with Crippen molar-refractivity contribution in [3.05, 3.63) is 16.2 Å². The Morgan fingerprint density at radius 2 is 2.16 bits per heavy atom. The number of anilines is 1. The molecule has 0 aromatic carbocycles. The van der Waals surface area contributed by atoms with E-state index in [9.17, 15) is 0 Å². The zero-order valence-electron chi connectivity index (χ0n) is 11.4. The number of hydrogen-bond acceptors (Lipinski definition) is 5. The van der Waals surface area contributed by atoms with Crippen LogP contribution in [-0.2, 0) is 11.2 Å². The largest absolute Gasteiger partial charge is 0.380 e. The Kier molecular flexibility index (Phi) is 4.96. The van der Waals surface area contributed by atoms with Crippen LogP contribution in [0.25, 0.3) is 10.2 Å². The van der Waals surface area contributed by atoms with Gasteiger partial charge in [-0.05, 0) is 31.0 Å². The molecule has 2 aromatic rings. The Morgan fingerprint density at radius 3 is 2.84 bits per heavy atom. The minimum Gasteiger partial charge on any atom is -0.380 e. The van der Waals surface area contributed by atoms with Gasteiger partial charge in [-0.15, -0.1) is 11.3 Å². The van der Waals surface area contributed by atoms with Crippen molar-refractivity contribution >= 4 is 39.0 Å². The molecule has 0 aliphatic heterocycles. The van der Waals surface area contributed by atoms with E-state index in [1.807, 2.05) is 14.0 Å². The molecule has 0 aliphatic rings. The third kappa shape index (κ3) is 3.35. The van der Waals surface area contributed by atoms with Crippen molar-refractivity contribution in [2.75, 3.05) is 31.7 Å². The molecule has 0 amide bonds. The first-order valence-electron chi connectivity index (χ1n) is 6.40. The Morgan fingerprint density at radius 1 is 1.37 bits per heavy atom. The number of thiophene rings is 1. The van der Waals surface area contributed by atoms with E-state index in [0.717, 1.165) is 35.6 Å². The van der Waals surface area contributed by atoms with Gasteiger partial charge in [-0.25, -0.2) is 4.98 Å².